The number of pyridine rings is 2. The Morgan fingerprint density at radius 3 is 1.84 bits per heavy atom. The van der Waals surface area contributed by atoms with Crippen molar-refractivity contribution in [3.05, 3.63) is 161 Å². The number of nitrogens with zero attached hydrogens (tertiary/aromatic N) is 3. The molecule has 0 bridgehead atoms. The Bertz CT molecular complexity index is 2550. The molecule has 0 unspecified atom stereocenters. The zero-order chi connectivity index (χ0) is 34.5. The Hall–Kier alpha value is -5.31. The first kappa shape index (κ1) is 34.2. The molecule has 0 aliphatic rings. The van der Waals surface area contributed by atoms with Crippen molar-refractivity contribution in [2.45, 2.75) is 41.5 Å². The van der Waals surface area contributed by atoms with Crippen LogP contribution in [0.2, 0.25) is 0 Å². The Morgan fingerprint density at radius 1 is 0.549 bits per heavy atom. The van der Waals surface area contributed by atoms with E-state index in [1.54, 1.807) is 0 Å². The van der Waals surface area contributed by atoms with Crippen molar-refractivity contribution < 1.29 is 25.8 Å². The van der Waals surface area contributed by atoms with Crippen LogP contribution in [0.15, 0.2) is 116 Å². The molecule has 4 nitrogen and oxygen atoms in total. The summed E-state index contributed by atoms with van der Waals surface area (Å²) in [6, 6.07) is 42.9. The molecule has 0 spiro atoms. The van der Waals surface area contributed by atoms with Crippen LogP contribution >= 0.6 is 0 Å². The summed E-state index contributed by atoms with van der Waals surface area (Å²) in [5.41, 5.74) is 16.0. The molecule has 0 radical (unpaired) electrons. The van der Waals surface area contributed by atoms with Gasteiger partial charge < -0.3 is 14.3 Å². The van der Waals surface area contributed by atoms with Crippen LogP contribution < -0.4 is 4.74 Å². The van der Waals surface area contributed by atoms with E-state index in [1.807, 2.05) is 36.7 Å². The van der Waals surface area contributed by atoms with Gasteiger partial charge in [0.05, 0.1) is 0 Å². The molecule has 252 valence electrons. The fraction of sp³-hybridized carbons (Fsp3) is 0.130. The molecular weight excluding hydrogens is 806 g/mol. The zero-order valence-corrected chi connectivity index (χ0v) is 31.8. The van der Waals surface area contributed by atoms with Gasteiger partial charge in [-0.15, -0.1) is 41.3 Å². The van der Waals surface area contributed by atoms with Gasteiger partial charge in [0.15, 0.2) is 0 Å². The molecule has 0 amide bonds. The molecule has 0 fully saturated rings. The summed E-state index contributed by atoms with van der Waals surface area (Å²) < 4.78 is 8.65. The van der Waals surface area contributed by atoms with Gasteiger partial charge in [-0.2, -0.15) is 6.07 Å². The van der Waals surface area contributed by atoms with E-state index in [9.17, 15) is 0 Å². The molecule has 0 saturated heterocycles. The monoisotopic (exact) mass is 842 g/mol. The molecule has 8 aromatic rings. The Balaban J connectivity index is 0.00000406. The average Bonchev–Trinajstić information content (AvgIpc) is 3.41. The van der Waals surface area contributed by atoms with Gasteiger partial charge in [0.2, 0.25) is 0 Å². The van der Waals surface area contributed by atoms with E-state index in [0.29, 0.717) is 11.5 Å². The number of aromatic nitrogens is 3. The third-order valence-electron chi connectivity index (χ3n) is 9.49. The maximum Gasteiger partial charge on any atom is 2.00 e. The van der Waals surface area contributed by atoms with E-state index in [-0.39, 0.29) is 21.1 Å². The first-order valence-corrected chi connectivity index (χ1v) is 17.0. The zero-order valence-electron chi connectivity index (χ0n) is 29.5. The minimum absolute atomic E-state index is 0. The van der Waals surface area contributed by atoms with E-state index in [1.165, 1.54) is 44.5 Å². The van der Waals surface area contributed by atoms with Crippen molar-refractivity contribution in [3.8, 4) is 50.8 Å². The number of para-hydroxylation sites is 1. The number of hydrogen-bond donors (Lipinski definition) is 0. The largest absolute Gasteiger partial charge is 2.00 e. The van der Waals surface area contributed by atoms with Crippen molar-refractivity contribution in [1.82, 2.24) is 14.5 Å². The number of ether oxygens (including phenoxy) is 1. The summed E-state index contributed by atoms with van der Waals surface area (Å²) in [5, 5.41) is 2.22. The van der Waals surface area contributed by atoms with Crippen LogP contribution in [0.5, 0.6) is 11.5 Å². The normalized spacial score (nSPS) is 11.2. The topological polar surface area (TPSA) is 39.9 Å². The average molecular weight is 843 g/mol. The molecule has 3 heterocycles. The summed E-state index contributed by atoms with van der Waals surface area (Å²) in [6.45, 7) is 13.0. The number of hydrogen-bond acceptors (Lipinski definition) is 3. The third-order valence-corrected chi connectivity index (χ3v) is 9.49. The van der Waals surface area contributed by atoms with Crippen LogP contribution in [0.1, 0.15) is 33.4 Å². The SMILES string of the molecule is Cc1cc(C)c(-c2ccnc(-c3[c-]c(Oc4[c-]c5c(cc4)c4ccccc4n5-c4cc(-c5c(C)cc(C)cc5C)ccn4)ccc3)c2)c(C)c1.[Pt+2]. The van der Waals surface area contributed by atoms with Gasteiger partial charge in [0, 0.05) is 29.4 Å². The first-order valence-electron chi connectivity index (χ1n) is 17.0. The molecule has 51 heavy (non-hydrogen) atoms. The van der Waals surface area contributed by atoms with Crippen molar-refractivity contribution >= 4 is 21.8 Å². The predicted molar refractivity (Wildman–Crippen MR) is 205 cm³/mol. The van der Waals surface area contributed by atoms with Crippen molar-refractivity contribution in [1.29, 1.82) is 0 Å². The molecule has 5 aromatic carbocycles. The van der Waals surface area contributed by atoms with Crippen molar-refractivity contribution in [3.63, 3.8) is 0 Å². The van der Waals surface area contributed by atoms with Gasteiger partial charge in [-0.25, -0.2) is 4.98 Å². The van der Waals surface area contributed by atoms with Gasteiger partial charge in [-0.1, -0.05) is 71.2 Å². The summed E-state index contributed by atoms with van der Waals surface area (Å²) in [6.07, 6.45) is 3.77. The second-order valence-corrected chi connectivity index (χ2v) is 13.3. The molecule has 5 heteroatoms. The second-order valence-electron chi connectivity index (χ2n) is 13.3. The van der Waals surface area contributed by atoms with E-state index < -0.39 is 0 Å². The minimum atomic E-state index is 0. The van der Waals surface area contributed by atoms with Crippen molar-refractivity contribution in [2.75, 3.05) is 0 Å². The maximum absolute atomic E-state index is 6.46. The molecule has 0 aliphatic heterocycles. The smallest absolute Gasteiger partial charge is 0.503 e. The van der Waals surface area contributed by atoms with Crippen LogP contribution in [0, 0.1) is 53.7 Å². The van der Waals surface area contributed by atoms with Gasteiger partial charge in [-0.05, 0) is 121 Å². The molecule has 8 rings (SSSR count). The van der Waals surface area contributed by atoms with Gasteiger partial charge in [-0.3, -0.25) is 0 Å². The Labute approximate surface area is 314 Å². The number of aryl methyl sites for hydroxylation is 6. The quantitative estimate of drug-likeness (QED) is 0.157. The molecule has 0 N–H and O–H groups in total. The standard InChI is InChI=1S/C46H37N3O.Pt/c1-28-20-30(3)45(31(4)21-28)35-16-18-47-41(25-35)34-10-9-11-37(24-34)50-38-14-15-40-39-12-7-8-13-42(39)49(43(40)27-38)44-26-36(17-19-48-44)46-32(5)22-29(2)23-33(46)6;/h7-23,25-26H,1-6H3;/q-2;+2. The third kappa shape index (κ3) is 6.41. The fourth-order valence-corrected chi connectivity index (χ4v) is 7.65. The first-order chi connectivity index (χ1) is 24.2. The Morgan fingerprint density at radius 2 is 1.16 bits per heavy atom. The van der Waals surface area contributed by atoms with Crippen LogP contribution in [0.3, 0.4) is 0 Å². The van der Waals surface area contributed by atoms with E-state index in [0.717, 1.165) is 50.0 Å². The van der Waals surface area contributed by atoms with Crippen LogP contribution in [0.25, 0.3) is 61.1 Å². The summed E-state index contributed by atoms with van der Waals surface area (Å²) in [4.78, 5) is 9.59. The molecular formula is C46H37N3OPt. The number of fused-ring (bicyclic) bond motifs is 3. The number of benzene rings is 5. The van der Waals surface area contributed by atoms with Crippen LogP contribution in [-0.2, 0) is 21.1 Å². The van der Waals surface area contributed by atoms with E-state index in [4.69, 9.17) is 14.7 Å². The molecule has 0 saturated carbocycles. The van der Waals surface area contributed by atoms with E-state index >= 15 is 0 Å². The van der Waals surface area contributed by atoms with E-state index in [2.05, 4.69) is 137 Å². The predicted octanol–water partition coefficient (Wildman–Crippen LogP) is 11.8. The van der Waals surface area contributed by atoms with Gasteiger partial charge in [0.1, 0.15) is 5.82 Å². The molecule has 0 atom stereocenters. The summed E-state index contributed by atoms with van der Waals surface area (Å²) in [7, 11) is 0. The molecule has 0 aliphatic carbocycles. The van der Waals surface area contributed by atoms with Gasteiger partial charge in [0.25, 0.3) is 0 Å². The van der Waals surface area contributed by atoms with Crippen molar-refractivity contribution in [2.24, 2.45) is 0 Å². The number of rotatable bonds is 6. The fourth-order valence-electron chi connectivity index (χ4n) is 7.65. The summed E-state index contributed by atoms with van der Waals surface area (Å²) >= 11 is 0. The van der Waals surface area contributed by atoms with Crippen LogP contribution in [-0.4, -0.2) is 14.5 Å². The maximum atomic E-state index is 6.46. The molecule has 3 aromatic heterocycles. The minimum Gasteiger partial charge on any atom is -0.503 e. The Kier molecular flexibility index (Phi) is 9.22. The summed E-state index contributed by atoms with van der Waals surface area (Å²) in [5.74, 6) is 2.03. The second kappa shape index (κ2) is 13.8. The van der Waals surface area contributed by atoms with Crippen LogP contribution in [0.4, 0.5) is 0 Å². The van der Waals surface area contributed by atoms with Gasteiger partial charge >= 0.3 is 21.1 Å².